The lowest BCUT2D eigenvalue weighted by Crippen LogP contribution is -2.35. The van der Waals surface area contributed by atoms with Gasteiger partial charge in [0.15, 0.2) is 0 Å². The maximum atomic E-state index is 9.10. The van der Waals surface area contributed by atoms with Crippen LogP contribution in [0.4, 0.5) is 5.95 Å². The highest BCUT2D eigenvalue weighted by molar-refractivity contribution is 9.10. The zero-order valence-electron chi connectivity index (χ0n) is 18.4. The number of ether oxygens (including phenoxy) is 1. The van der Waals surface area contributed by atoms with E-state index in [4.69, 9.17) is 44.3 Å². The molecule has 35 heavy (non-hydrogen) atoms. The van der Waals surface area contributed by atoms with Crippen molar-refractivity contribution >= 4 is 45.8 Å². The fourth-order valence-electron chi connectivity index (χ4n) is 2.62. The second-order valence-corrected chi connectivity index (χ2v) is 7.72. The number of hydrogen-bond donors (Lipinski definition) is 6. The first-order chi connectivity index (χ1) is 16.6. The lowest BCUT2D eigenvalue weighted by atomic mass is 10.0. The number of fused-ring (bicyclic) bond motifs is 1. The summed E-state index contributed by atoms with van der Waals surface area (Å²) in [6.07, 6.45) is 6.90. The Morgan fingerprint density at radius 2 is 1.57 bits per heavy atom. The lowest BCUT2D eigenvalue weighted by Gasteiger charge is -2.26. The third-order valence-electron chi connectivity index (χ3n) is 4.17. The van der Waals surface area contributed by atoms with Crippen LogP contribution in [0.25, 0.3) is 0 Å². The van der Waals surface area contributed by atoms with E-state index in [2.05, 4.69) is 48.7 Å². The van der Waals surface area contributed by atoms with Gasteiger partial charge < -0.3 is 35.8 Å². The largest absolute Gasteiger partial charge is 0.489 e. The minimum absolute atomic E-state index is 0.258. The van der Waals surface area contributed by atoms with Gasteiger partial charge in [0.2, 0.25) is 5.95 Å². The molecule has 0 amide bonds. The number of aromatic nitrogens is 2. The molecule has 1 aliphatic heterocycles. The number of carboxylic acid groups (broad SMARTS) is 4. The summed E-state index contributed by atoms with van der Waals surface area (Å²) in [7, 11) is 0. The summed E-state index contributed by atoms with van der Waals surface area (Å²) in [5.41, 5.74) is 1.29. The molecule has 2 aromatic rings. The monoisotopic (exact) mass is 556 g/mol. The summed E-state index contributed by atoms with van der Waals surface area (Å²) in [5.74, 6) is -5.59. The van der Waals surface area contributed by atoms with E-state index in [9.17, 15) is 0 Å². The summed E-state index contributed by atoms with van der Waals surface area (Å²) < 4.78 is 7.16. The molecule has 13 nitrogen and oxygen atoms in total. The number of nitrogens with one attached hydrogen (secondary N) is 2. The first-order valence-electron chi connectivity index (χ1n) is 10.2. The lowest BCUT2D eigenvalue weighted by molar-refractivity contribution is -0.159. The van der Waals surface area contributed by atoms with E-state index in [1.807, 2.05) is 12.1 Å². The maximum absolute atomic E-state index is 9.10. The van der Waals surface area contributed by atoms with Crippen LogP contribution in [0.5, 0.6) is 5.75 Å². The molecule has 0 radical (unpaired) electrons. The van der Waals surface area contributed by atoms with E-state index in [0.29, 0.717) is 5.95 Å². The van der Waals surface area contributed by atoms with Gasteiger partial charge in [-0.3, -0.25) is 0 Å². The van der Waals surface area contributed by atoms with Crippen LogP contribution < -0.4 is 15.4 Å². The van der Waals surface area contributed by atoms with Gasteiger partial charge in [-0.2, -0.15) is 0 Å². The van der Waals surface area contributed by atoms with Crippen LogP contribution in [0.1, 0.15) is 18.4 Å². The highest BCUT2D eigenvalue weighted by Crippen LogP contribution is 2.29. The van der Waals surface area contributed by atoms with Crippen molar-refractivity contribution in [3.8, 4) is 5.75 Å². The van der Waals surface area contributed by atoms with Crippen molar-refractivity contribution in [2.24, 2.45) is 0 Å². The summed E-state index contributed by atoms with van der Waals surface area (Å²) in [6.45, 7) is 2.70. The number of carbonyl (C=O) groups is 4. The van der Waals surface area contributed by atoms with Gasteiger partial charge in [0.05, 0.1) is 0 Å². The molecule has 1 aromatic heterocycles. The molecule has 14 heteroatoms. The van der Waals surface area contributed by atoms with Crippen molar-refractivity contribution in [2.45, 2.75) is 25.4 Å². The Morgan fingerprint density at radius 1 is 0.971 bits per heavy atom. The number of benzene rings is 1. The average Bonchev–Trinajstić information content (AvgIpc) is 2.82. The normalized spacial score (nSPS) is 13.3. The topological polar surface area (TPSA) is 208 Å². The fourth-order valence-corrected chi connectivity index (χ4v) is 3.03. The average molecular weight is 557 g/mol. The number of halogens is 1. The standard InChI is InChI=1S/C17H21BrN4O.2C2H2O4/c18-14-4-6-16-13(11-14)3-5-15(23-16)12-19-7-1-8-20-17-21-9-2-10-22-17;2*3-1(4)2(5)6/h2,4,6,9-11,15,19H,1,3,5,7-8,12H2,(H,20,21,22);2*(H,3,4)(H,5,6). The molecule has 190 valence electrons. The number of anilines is 1. The molecule has 0 aliphatic carbocycles. The SMILES string of the molecule is Brc1ccc2c(c1)CCC(CNCCCNc1ncccn1)O2.O=C(O)C(=O)O.O=C(O)C(=O)O. The highest BCUT2D eigenvalue weighted by Gasteiger charge is 2.19. The van der Waals surface area contributed by atoms with Crippen molar-refractivity contribution in [2.75, 3.05) is 25.0 Å². The van der Waals surface area contributed by atoms with Crippen LogP contribution in [0.15, 0.2) is 41.1 Å². The van der Waals surface area contributed by atoms with Crippen molar-refractivity contribution < 1.29 is 44.3 Å². The Balaban J connectivity index is 0.000000425. The first kappa shape index (κ1) is 29.3. The first-order valence-corrected chi connectivity index (χ1v) is 11.0. The number of hydrogen-bond acceptors (Lipinski definition) is 9. The number of carboxylic acids is 4. The fraction of sp³-hybridized carbons (Fsp3) is 0.333. The molecular formula is C21H25BrN4O9. The molecule has 6 N–H and O–H groups in total. The third kappa shape index (κ3) is 12.9. The van der Waals surface area contributed by atoms with Crippen LogP contribution in [-0.2, 0) is 25.6 Å². The highest BCUT2D eigenvalue weighted by atomic mass is 79.9. The van der Waals surface area contributed by atoms with Gasteiger partial charge in [-0.15, -0.1) is 0 Å². The van der Waals surface area contributed by atoms with Crippen molar-refractivity contribution in [1.82, 2.24) is 15.3 Å². The Bertz CT molecular complexity index is 944. The van der Waals surface area contributed by atoms with Crippen LogP contribution in [-0.4, -0.2) is 80.0 Å². The van der Waals surface area contributed by atoms with E-state index in [-0.39, 0.29) is 6.10 Å². The molecule has 3 rings (SSSR count). The van der Waals surface area contributed by atoms with Gasteiger partial charge in [-0.1, -0.05) is 15.9 Å². The van der Waals surface area contributed by atoms with Gasteiger partial charge in [-0.05, 0) is 55.6 Å². The van der Waals surface area contributed by atoms with Crippen LogP contribution in [0.2, 0.25) is 0 Å². The molecule has 1 aliphatic rings. The van der Waals surface area contributed by atoms with Gasteiger partial charge in [0.1, 0.15) is 11.9 Å². The zero-order chi connectivity index (χ0) is 26.2. The van der Waals surface area contributed by atoms with E-state index in [1.165, 1.54) is 5.56 Å². The maximum Gasteiger partial charge on any atom is 0.414 e. The van der Waals surface area contributed by atoms with Gasteiger partial charge >= 0.3 is 23.9 Å². The number of aliphatic carboxylic acids is 4. The molecule has 1 atom stereocenters. The van der Waals surface area contributed by atoms with Crippen LogP contribution >= 0.6 is 15.9 Å². The Labute approximate surface area is 208 Å². The summed E-state index contributed by atoms with van der Waals surface area (Å²) >= 11 is 3.51. The van der Waals surface area contributed by atoms with E-state index in [1.54, 1.807) is 12.4 Å². The smallest absolute Gasteiger partial charge is 0.414 e. The second-order valence-electron chi connectivity index (χ2n) is 6.81. The molecular weight excluding hydrogens is 532 g/mol. The molecule has 0 spiro atoms. The van der Waals surface area contributed by atoms with Crippen molar-refractivity contribution in [3.05, 3.63) is 46.7 Å². The summed E-state index contributed by atoms with van der Waals surface area (Å²) in [6, 6.07) is 8.05. The van der Waals surface area contributed by atoms with Crippen LogP contribution in [0.3, 0.4) is 0 Å². The van der Waals surface area contributed by atoms with Crippen molar-refractivity contribution in [3.63, 3.8) is 0 Å². The predicted molar refractivity (Wildman–Crippen MR) is 125 cm³/mol. The Morgan fingerprint density at radius 3 is 2.14 bits per heavy atom. The number of nitrogens with zero attached hydrogens (tertiary/aromatic N) is 2. The van der Waals surface area contributed by atoms with E-state index < -0.39 is 23.9 Å². The molecule has 1 unspecified atom stereocenters. The number of aryl methyl sites for hydroxylation is 1. The minimum Gasteiger partial charge on any atom is -0.489 e. The molecule has 2 heterocycles. The Hall–Kier alpha value is -3.78. The van der Waals surface area contributed by atoms with Crippen molar-refractivity contribution in [1.29, 1.82) is 0 Å². The second kappa shape index (κ2) is 16.0. The van der Waals surface area contributed by atoms with Gasteiger partial charge in [-0.25, -0.2) is 29.1 Å². The third-order valence-corrected chi connectivity index (χ3v) is 4.66. The summed E-state index contributed by atoms with van der Waals surface area (Å²) in [5, 5.41) is 36.2. The molecule has 0 bridgehead atoms. The molecule has 1 aromatic carbocycles. The quantitative estimate of drug-likeness (QED) is 0.210. The predicted octanol–water partition coefficient (Wildman–Crippen LogP) is 1.34. The van der Waals surface area contributed by atoms with E-state index >= 15 is 0 Å². The minimum atomic E-state index is -1.82. The summed E-state index contributed by atoms with van der Waals surface area (Å²) in [4.78, 5) is 44.7. The van der Waals surface area contributed by atoms with Crippen LogP contribution in [0, 0.1) is 0 Å². The zero-order valence-corrected chi connectivity index (χ0v) is 20.0. The van der Waals surface area contributed by atoms with Gasteiger partial charge in [0, 0.05) is 30.0 Å². The van der Waals surface area contributed by atoms with E-state index in [0.717, 1.165) is 49.1 Å². The number of rotatable bonds is 7. The molecule has 0 saturated carbocycles. The molecule has 0 fully saturated rings. The molecule has 0 saturated heterocycles. The Kier molecular flexibility index (Phi) is 13.3. The van der Waals surface area contributed by atoms with Gasteiger partial charge in [0.25, 0.3) is 0 Å².